The number of aliphatic hydroxyl groups is 1. The monoisotopic (exact) mass is 313 g/mol. The van der Waals surface area contributed by atoms with Crippen LogP contribution >= 0.6 is 12.2 Å². The van der Waals surface area contributed by atoms with Crippen molar-refractivity contribution in [1.82, 2.24) is 4.90 Å². The Labute approximate surface area is 132 Å². The van der Waals surface area contributed by atoms with E-state index in [1.807, 2.05) is 30.3 Å². The summed E-state index contributed by atoms with van der Waals surface area (Å²) in [5.41, 5.74) is -0.817. The molecule has 0 aliphatic carbocycles. The van der Waals surface area contributed by atoms with Crippen LogP contribution in [-0.4, -0.2) is 21.1 Å². The topological polar surface area (TPSA) is 75.6 Å². The van der Waals surface area contributed by atoms with Crippen molar-refractivity contribution in [2.24, 2.45) is 0 Å². The number of carbonyl (C=O) groups is 1. The fourth-order valence-corrected chi connectivity index (χ4v) is 2.85. The lowest BCUT2D eigenvalue weighted by atomic mass is 9.96. The van der Waals surface area contributed by atoms with Crippen LogP contribution in [0.15, 0.2) is 54.6 Å². The second-order valence-electron chi connectivity index (χ2n) is 5.01. The van der Waals surface area contributed by atoms with Crippen molar-refractivity contribution in [3.8, 4) is 0 Å². The third-order valence-corrected chi connectivity index (χ3v) is 3.97. The molecule has 0 saturated carbocycles. The minimum atomic E-state index is -2.31. The van der Waals surface area contributed by atoms with Gasteiger partial charge in [0.2, 0.25) is 5.72 Å². The van der Waals surface area contributed by atoms with Gasteiger partial charge in [0.25, 0.3) is 0 Å². The van der Waals surface area contributed by atoms with Gasteiger partial charge in [0.15, 0.2) is 5.11 Å². The van der Waals surface area contributed by atoms with Gasteiger partial charge in [0, 0.05) is 17.8 Å². The summed E-state index contributed by atoms with van der Waals surface area (Å²) in [5, 5.41) is 25.6. The number of para-hydroxylation sites is 1. The van der Waals surface area contributed by atoms with Gasteiger partial charge in [-0.15, -0.1) is 0 Å². The van der Waals surface area contributed by atoms with Gasteiger partial charge in [-0.3, -0.25) is 0 Å². The van der Waals surface area contributed by atoms with Gasteiger partial charge < -0.3 is 25.2 Å². The Morgan fingerprint density at radius 3 is 2.50 bits per heavy atom. The maximum Gasteiger partial charge on any atom is 0.210 e. The number of hydrogen-bond acceptors (Lipinski definition) is 4. The standard InChI is InChI=1S/C16H14N2O3S/c19-14(20)16(21)12-8-4-5-9-13(12)17-15(22)18(16)10-11-6-2-1-3-7-11/h1-9,21H,10H2,(H,17,22)(H,19,20)/p-1/t16-/m1/s1. The van der Waals surface area contributed by atoms with Crippen LogP contribution in [0.1, 0.15) is 11.1 Å². The summed E-state index contributed by atoms with van der Waals surface area (Å²) in [7, 11) is 0. The van der Waals surface area contributed by atoms with Gasteiger partial charge in [-0.1, -0.05) is 48.5 Å². The first-order valence-corrected chi connectivity index (χ1v) is 7.10. The van der Waals surface area contributed by atoms with Gasteiger partial charge in [0.1, 0.15) is 0 Å². The molecule has 0 saturated heterocycles. The molecule has 0 unspecified atom stereocenters. The van der Waals surface area contributed by atoms with E-state index in [4.69, 9.17) is 12.2 Å². The van der Waals surface area contributed by atoms with E-state index in [1.165, 1.54) is 11.0 Å². The normalized spacial score (nSPS) is 20.2. The molecule has 5 nitrogen and oxygen atoms in total. The number of carbonyl (C=O) groups excluding carboxylic acids is 1. The quantitative estimate of drug-likeness (QED) is 0.816. The minimum absolute atomic E-state index is 0.134. The zero-order chi connectivity index (χ0) is 15.7. The Bertz CT molecular complexity index is 735. The van der Waals surface area contributed by atoms with E-state index in [9.17, 15) is 15.0 Å². The van der Waals surface area contributed by atoms with Crippen LogP contribution in [0.4, 0.5) is 5.69 Å². The van der Waals surface area contributed by atoms with Crippen molar-refractivity contribution in [3.05, 3.63) is 65.7 Å². The average molecular weight is 313 g/mol. The Morgan fingerprint density at radius 1 is 1.18 bits per heavy atom. The average Bonchev–Trinajstić information content (AvgIpc) is 2.52. The van der Waals surface area contributed by atoms with E-state index in [0.29, 0.717) is 5.69 Å². The molecule has 0 spiro atoms. The third kappa shape index (κ3) is 2.22. The molecule has 1 atom stereocenters. The summed E-state index contributed by atoms with van der Waals surface area (Å²) in [6.45, 7) is 0.144. The summed E-state index contributed by atoms with van der Waals surface area (Å²) in [6.07, 6.45) is 0. The van der Waals surface area contributed by atoms with Crippen molar-refractivity contribution >= 4 is 29.0 Å². The molecule has 1 aliphatic heterocycles. The Hall–Kier alpha value is -2.44. The number of hydrogen-bond donors (Lipinski definition) is 2. The lowest BCUT2D eigenvalue weighted by Gasteiger charge is -2.46. The highest BCUT2D eigenvalue weighted by Crippen LogP contribution is 2.37. The first-order valence-electron chi connectivity index (χ1n) is 6.69. The van der Waals surface area contributed by atoms with Crippen molar-refractivity contribution in [2.45, 2.75) is 12.3 Å². The Morgan fingerprint density at radius 2 is 1.82 bits per heavy atom. The molecule has 2 N–H and O–H groups in total. The Balaban J connectivity index is 2.09. The zero-order valence-electron chi connectivity index (χ0n) is 11.5. The molecule has 1 aliphatic rings. The van der Waals surface area contributed by atoms with Gasteiger partial charge >= 0.3 is 0 Å². The fraction of sp³-hybridized carbons (Fsp3) is 0.125. The van der Waals surface area contributed by atoms with Crippen LogP contribution in [0.5, 0.6) is 0 Å². The van der Waals surface area contributed by atoms with Gasteiger partial charge in [-0.25, -0.2) is 0 Å². The lowest BCUT2D eigenvalue weighted by Crippen LogP contribution is -2.62. The molecule has 112 valence electrons. The molecule has 0 fully saturated rings. The number of nitrogens with one attached hydrogen (secondary N) is 1. The van der Waals surface area contributed by atoms with E-state index in [0.717, 1.165) is 5.56 Å². The first kappa shape index (κ1) is 14.5. The molecule has 3 rings (SSSR count). The van der Waals surface area contributed by atoms with Crippen LogP contribution in [0.25, 0.3) is 0 Å². The van der Waals surface area contributed by atoms with Gasteiger partial charge in [-0.2, -0.15) is 0 Å². The lowest BCUT2D eigenvalue weighted by molar-refractivity contribution is -0.336. The van der Waals surface area contributed by atoms with E-state index >= 15 is 0 Å². The van der Waals surface area contributed by atoms with Crippen molar-refractivity contribution in [3.63, 3.8) is 0 Å². The highest BCUT2D eigenvalue weighted by atomic mass is 32.1. The third-order valence-electron chi connectivity index (χ3n) is 3.65. The molecule has 22 heavy (non-hydrogen) atoms. The van der Waals surface area contributed by atoms with E-state index < -0.39 is 11.7 Å². The molecule has 0 aromatic heterocycles. The van der Waals surface area contributed by atoms with Crippen LogP contribution in [0.2, 0.25) is 0 Å². The second kappa shape index (κ2) is 5.40. The highest BCUT2D eigenvalue weighted by molar-refractivity contribution is 7.80. The molecule has 0 radical (unpaired) electrons. The smallest absolute Gasteiger partial charge is 0.210 e. The molecule has 0 amide bonds. The van der Waals surface area contributed by atoms with Crippen LogP contribution in [-0.2, 0) is 17.1 Å². The second-order valence-corrected chi connectivity index (χ2v) is 5.39. The van der Waals surface area contributed by atoms with Crippen molar-refractivity contribution in [2.75, 3.05) is 5.32 Å². The molecule has 1 heterocycles. The number of rotatable bonds is 3. The molecular formula is C16H13N2O3S-. The van der Waals surface area contributed by atoms with Gasteiger partial charge in [-0.05, 0) is 23.8 Å². The number of anilines is 1. The minimum Gasteiger partial charge on any atom is -0.545 e. The molecule has 2 aromatic rings. The van der Waals surface area contributed by atoms with Gasteiger partial charge in [0.05, 0.1) is 5.97 Å². The SMILES string of the molecule is O=C([O-])[C@]1(O)c2ccccc2NC(=S)N1Cc1ccccc1. The number of nitrogens with zero attached hydrogens (tertiary/aromatic N) is 1. The van der Waals surface area contributed by atoms with E-state index in [1.54, 1.807) is 18.2 Å². The number of carboxylic acids is 1. The summed E-state index contributed by atoms with van der Waals surface area (Å²) in [6, 6.07) is 15.8. The summed E-state index contributed by atoms with van der Waals surface area (Å²) in [4.78, 5) is 12.9. The highest BCUT2D eigenvalue weighted by Gasteiger charge is 2.44. The molecule has 2 aromatic carbocycles. The first-order chi connectivity index (χ1) is 10.5. The zero-order valence-corrected chi connectivity index (χ0v) is 12.3. The number of fused-ring (bicyclic) bond motifs is 1. The summed E-state index contributed by atoms with van der Waals surface area (Å²) >= 11 is 5.23. The van der Waals surface area contributed by atoms with E-state index in [2.05, 4.69) is 5.32 Å². The van der Waals surface area contributed by atoms with E-state index in [-0.39, 0.29) is 17.2 Å². The predicted molar refractivity (Wildman–Crippen MR) is 83.6 cm³/mol. The number of thiocarbonyl (C=S) groups is 1. The van der Waals surface area contributed by atoms with Crippen molar-refractivity contribution < 1.29 is 15.0 Å². The maximum absolute atomic E-state index is 11.7. The summed E-state index contributed by atoms with van der Waals surface area (Å²) in [5.74, 6) is -1.61. The molecule has 0 bridgehead atoms. The predicted octanol–water partition coefficient (Wildman–Crippen LogP) is 0.794. The molecular weight excluding hydrogens is 300 g/mol. The van der Waals surface area contributed by atoms with Crippen molar-refractivity contribution in [1.29, 1.82) is 0 Å². The summed E-state index contributed by atoms with van der Waals surface area (Å²) < 4.78 is 0. The molecule has 6 heteroatoms. The number of aliphatic carboxylic acids is 1. The maximum atomic E-state index is 11.7. The fourth-order valence-electron chi connectivity index (χ4n) is 2.54. The number of benzene rings is 2. The van der Waals surface area contributed by atoms with Crippen LogP contribution in [0.3, 0.4) is 0 Å². The van der Waals surface area contributed by atoms with Crippen LogP contribution < -0.4 is 10.4 Å². The van der Waals surface area contributed by atoms with Crippen LogP contribution in [0, 0.1) is 0 Å². The number of carboxylic acid groups (broad SMARTS) is 1. The largest absolute Gasteiger partial charge is 0.545 e. The Kier molecular flexibility index (Phi) is 3.56.